The second-order valence-corrected chi connectivity index (χ2v) is 6.77. The van der Waals surface area contributed by atoms with E-state index in [-0.39, 0.29) is 5.41 Å². The van der Waals surface area contributed by atoms with Gasteiger partial charge in [0, 0.05) is 26.5 Å². The van der Waals surface area contributed by atoms with Gasteiger partial charge in [-0.2, -0.15) is 0 Å². The van der Waals surface area contributed by atoms with Crippen LogP contribution in [0.25, 0.3) is 11.4 Å². The van der Waals surface area contributed by atoms with E-state index in [1.807, 2.05) is 24.3 Å². The Kier molecular flexibility index (Phi) is 4.32. The van der Waals surface area contributed by atoms with Crippen LogP contribution in [0.2, 0.25) is 5.02 Å². The highest BCUT2D eigenvalue weighted by molar-refractivity contribution is 9.10. The molecule has 0 aliphatic heterocycles. The molecule has 0 amide bonds. The van der Waals surface area contributed by atoms with Crippen molar-refractivity contribution in [2.45, 2.75) is 26.2 Å². The number of aromatic nitrogens is 2. The minimum Gasteiger partial charge on any atom is -0.308 e. The Morgan fingerprint density at radius 2 is 1.90 bits per heavy atom. The topological polar surface area (TPSA) is 63.8 Å². The number of nitrogens with zero attached hydrogens (tertiary/aromatic N) is 2. The van der Waals surface area contributed by atoms with Gasteiger partial charge in [-0.15, -0.1) is 0 Å². The van der Waals surface area contributed by atoms with Crippen molar-refractivity contribution < 1.29 is 0 Å². The predicted octanol–water partition coefficient (Wildman–Crippen LogP) is 4.14. The SMILES string of the molecule is CC(C)(C)c1cc(NN)nc(-c2ccc(Cl)cc2Br)n1. The Labute approximate surface area is 131 Å². The molecule has 0 atom stereocenters. The van der Waals surface area contributed by atoms with E-state index in [9.17, 15) is 0 Å². The third-order valence-corrected chi connectivity index (χ3v) is 3.71. The van der Waals surface area contributed by atoms with Crippen LogP contribution in [0.4, 0.5) is 5.82 Å². The summed E-state index contributed by atoms with van der Waals surface area (Å²) in [6.07, 6.45) is 0. The van der Waals surface area contributed by atoms with Crippen molar-refractivity contribution in [3.05, 3.63) is 39.5 Å². The summed E-state index contributed by atoms with van der Waals surface area (Å²) in [5.41, 5.74) is 4.28. The molecule has 1 heterocycles. The van der Waals surface area contributed by atoms with Crippen molar-refractivity contribution in [1.82, 2.24) is 9.97 Å². The molecule has 0 fully saturated rings. The van der Waals surface area contributed by atoms with E-state index in [0.29, 0.717) is 16.7 Å². The number of nitrogens with one attached hydrogen (secondary N) is 1. The number of hydrogen-bond acceptors (Lipinski definition) is 4. The molecule has 20 heavy (non-hydrogen) atoms. The van der Waals surface area contributed by atoms with E-state index >= 15 is 0 Å². The molecule has 0 bridgehead atoms. The summed E-state index contributed by atoms with van der Waals surface area (Å²) in [6.45, 7) is 6.28. The lowest BCUT2D eigenvalue weighted by Gasteiger charge is -2.19. The van der Waals surface area contributed by atoms with E-state index in [4.69, 9.17) is 17.4 Å². The lowest BCUT2D eigenvalue weighted by Crippen LogP contribution is -2.17. The van der Waals surface area contributed by atoms with Gasteiger partial charge in [-0.3, -0.25) is 0 Å². The molecule has 0 aliphatic carbocycles. The molecule has 2 rings (SSSR count). The Morgan fingerprint density at radius 3 is 2.45 bits per heavy atom. The van der Waals surface area contributed by atoms with Gasteiger partial charge in [0.2, 0.25) is 0 Å². The first-order chi connectivity index (χ1) is 9.31. The van der Waals surface area contributed by atoms with Crippen LogP contribution >= 0.6 is 27.5 Å². The van der Waals surface area contributed by atoms with E-state index < -0.39 is 0 Å². The number of benzene rings is 1. The standard InChI is InChI=1S/C14H16BrClN4/c1-14(2,3)11-7-12(20-17)19-13(18-11)9-5-4-8(16)6-10(9)15/h4-7H,17H2,1-3H3,(H,18,19,20). The predicted molar refractivity (Wildman–Crippen MR) is 86.7 cm³/mol. The second-order valence-electron chi connectivity index (χ2n) is 5.48. The molecule has 0 saturated heterocycles. The third-order valence-electron chi connectivity index (χ3n) is 2.81. The van der Waals surface area contributed by atoms with E-state index in [2.05, 4.69) is 52.1 Å². The zero-order valence-corrected chi connectivity index (χ0v) is 13.9. The van der Waals surface area contributed by atoms with E-state index in [0.717, 1.165) is 15.7 Å². The smallest absolute Gasteiger partial charge is 0.162 e. The lowest BCUT2D eigenvalue weighted by atomic mass is 9.92. The van der Waals surface area contributed by atoms with Crippen LogP contribution in [-0.2, 0) is 5.41 Å². The van der Waals surface area contributed by atoms with Gasteiger partial charge in [-0.05, 0) is 34.1 Å². The van der Waals surface area contributed by atoms with Crippen LogP contribution in [0.5, 0.6) is 0 Å². The number of nitrogens with two attached hydrogens (primary N) is 1. The maximum atomic E-state index is 5.96. The van der Waals surface area contributed by atoms with Crippen LogP contribution in [0.3, 0.4) is 0 Å². The summed E-state index contributed by atoms with van der Waals surface area (Å²) in [4.78, 5) is 9.04. The minimum absolute atomic E-state index is 0.0950. The van der Waals surface area contributed by atoms with Gasteiger partial charge >= 0.3 is 0 Å². The average molecular weight is 356 g/mol. The Hall–Kier alpha value is -1.17. The quantitative estimate of drug-likeness (QED) is 0.627. The van der Waals surface area contributed by atoms with E-state index in [1.54, 1.807) is 0 Å². The summed E-state index contributed by atoms with van der Waals surface area (Å²) >= 11 is 9.45. The molecule has 0 saturated carbocycles. The summed E-state index contributed by atoms with van der Waals surface area (Å²) in [5.74, 6) is 6.69. The van der Waals surface area contributed by atoms with E-state index in [1.165, 1.54) is 0 Å². The summed E-state index contributed by atoms with van der Waals surface area (Å²) in [5, 5.41) is 0.657. The zero-order valence-electron chi connectivity index (χ0n) is 11.5. The molecule has 0 spiro atoms. The van der Waals surface area contributed by atoms with Crippen LogP contribution in [-0.4, -0.2) is 9.97 Å². The molecule has 1 aromatic heterocycles. The molecule has 3 N–H and O–H groups in total. The number of hydrazine groups is 1. The highest BCUT2D eigenvalue weighted by Gasteiger charge is 2.19. The molecule has 6 heteroatoms. The minimum atomic E-state index is -0.0950. The fraction of sp³-hybridized carbons (Fsp3) is 0.286. The van der Waals surface area contributed by atoms with Crippen LogP contribution in [0, 0.1) is 0 Å². The first-order valence-electron chi connectivity index (χ1n) is 6.13. The fourth-order valence-corrected chi connectivity index (χ4v) is 2.56. The highest BCUT2D eigenvalue weighted by Crippen LogP contribution is 2.31. The van der Waals surface area contributed by atoms with Crippen molar-refractivity contribution in [2.24, 2.45) is 5.84 Å². The van der Waals surface area contributed by atoms with Gasteiger partial charge in [0.25, 0.3) is 0 Å². The molecule has 1 aromatic carbocycles. The lowest BCUT2D eigenvalue weighted by molar-refractivity contribution is 0.568. The van der Waals surface area contributed by atoms with Gasteiger partial charge in [0.1, 0.15) is 5.82 Å². The molecular formula is C14H16BrClN4. The first kappa shape index (κ1) is 15.2. The van der Waals surface area contributed by atoms with Crippen molar-refractivity contribution in [3.8, 4) is 11.4 Å². The number of rotatable bonds is 2. The largest absolute Gasteiger partial charge is 0.308 e. The van der Waals surface area contributed by atoms with Crippen molar-refractivity contribution in [1.29, 1.82) is 0 Å². The molecule has 106 valence electrons. The molecular weight excluding hydrogens is 340 g/mol. The monoisotopic (exact) mass is 354 g/mol. The van der Waals surface area contributed by atoms with Crippen molar-refractivity contribution in [2.75, 3.05) is 5.43 Å². The summed E-state index contributed by atoms with van der Waals surface area (Å²) in [7, 11) is 0. The van der Waals surface area contributed by atoms with Gasteiger partial charge < -0.3 is 5.43 Å². The average Bonchev–Trinajstić information content (AvgIpc) is 2.37. The first-order valence-corrected chi connectivity index (χ1v) is 7.30. The van der Waals surface area contributed by atoms with Gasteiger partial charge in [-0.25, -0.2) is 15.8 Å². The van der Waals surface area contributed by atoms with Gasteiger partial charge in [0.05, 0.1) is 5.69 Å². The zero-order chi connectivity index (χ0) is 14.9. The number of hydrogen-bond donors (Lipinski definition) is 2. The summed E-state index contributed by atoms with van der Waals surface area (Å²) < 4.78 is 0.846. The maximum absolute atomic E-state index is 5.96. The number of anilines is 1. The molecule has 4 nitrogen and oxygen atoms in total. The Morgan fingerprint density at radius 1 is 1.20 bits per heavy atom. The molecule has 0 aliphatic rings. The molecule has 0 radical (unpaired) electrons. The van der Waals surface area contributed by atoms with Crippen molar-refractivity contribution >= 4 is 33.3 Å². The second kappa shape index (κ2) is 5.68. The number of nitrogen functional groups attached to an aromatic ring is 1. The molecule has 2 aromatic rings. The molecule has 0 unspecified atom stereocenters. The normalized spacial score (nSPS) is 11.5. The van der Waals surface area contributed by atoms with Gasteiger partial charge in [-0.1, -0.05) is 32.4 Å². The van der Waals surface area contributed by atoms with Crippen molar-refractivity contribution in [3.63, 3.8) is 0 Å². The number of halogens is 2. The van der Waals surface area contributed by atoms with Gasteiger partial charge in [0.15, 0.2) is 5.82 Å². The summed E-state index contributed by atoms with van der Waals surface area (Å²) in [6, 6.07) is 7.37. The maximum Gasteiger partial charge on any atom is 0.162 e. The Balaban J connectivity index is 2.61. The Bertz CT molecular complexity index is 638. The van der Waals surface area contributed by atoms with Crippen LogP contribution < -0.4 is 11.3 Å². The van der Waals surface area contributed by atoms with Crippen LogP contribution in [0.15, 0.2) is 28.7 Å². The fourth-order valence-electron chi connectivity index (χ4n) is 1.70. The highest BCUT2D eigenvalue weighted by atomic mass is 79.9. The third kappa shape index (κ3) is 3.29. The van der Waals surface area contributed by atoms with Crippen LogP contribution in [0.1, 0.15) is 26.5 Å².